The Morgan fingerprint density at radius 3 is 2.88 bits per heavy atom. The number of fused-ring (bicyclic) bond motifs is 1. The maximum atomic E-state index is 10.6. The lowest BCUT2D eigenvalue weighted by atomic mass is 10.1. The van der Waals surface area contributed by atoms with Gasteiger partial charge in [0.2, 0.25) is 0 Å². The average Bonchev–Trinajstić information content (AvgIpc) is 2.51. The Morgan fingerprint density at radius 2 is 2.25 bits per heavy atom. The average molecular weight is 218 g/mol. The number of aliphatic carboxylic acids is 1. The van der Waals surface area contributed by atoms with E-state index in [1.807, 2.05) is 29.9 Å². The number of carboxylic acid groups (broad SMARTS) is 1. The molecule has 2 rings (SSSR count). The molecule has 1 N–H and O–H groups in total. The van der Waals surface area contributed by atoms with Crippen LogP contribution in [0.5, 0.6) is 0 Å². The fraction of sp³-hybridized carbons (Fsp3) is 0.333. The molecule has 0 aliphatic rings. The molecule has 84 valence electrons. The van der Waals surface area contributed by atoms with Gasteiger partial charge in [0, 0.05) is 18.1 Å². The molecule has 0 bridgehead atoms. The van der Waals surface area contributed by atoms with Gasteiger partial charge in [-0.05, 0) is 18.1 Å². The zero-order valence-corrected chi connectivity index (χ0v) is 9.40. The van der Waals surface area contributed by atoms with Crippen LogP contribution in [0.15, 0.2) is 18.2 Å². The summed E-state index contributed by atoms with van der Waals surface area (Å²) in [6.07, 6.45) is 0.971. The molecule has 0 spiro atoms. The molecule has 0 saturated carbocycles. The minimum atomic E-state index is -0.814. The van der Waals surface area contributed by atoms with E-state index < -0.39 is 5.97 Å². The van der Waals surface area contributed by atoms with E-state index in [9.17, 15) is 4.79 Å². The summed E-state index contributed by atoms with van der Waals surface area (Å²) in [5, 5.41) is 14.2. The summed E-state index contributed by atoms with van der Waals surface area (Å²) in [7, 11) is 1.91. The summed E-state index contributed by atoms with van der Waals surface area (Å²) in [6.45, 7) is 2.08. The quantitative estimate of drug-likeness (QED) is 0.854. The van der Waals surface area contributed by atoms with Crippen molar-refractivity contribution in [3.05, 3.63) is 29.5 Å². The van der Waals surface area contributed by atoms with Gasteiger partial charge in [-0.1, -0.05) is 19.1 Å². The second-order valence-corrected chi connectivity index (χ2v) is 3.85. The van der Waals surface area contributed by atoms with Crippen LogP contribution in [0.25, 0.3) is 10.9 Å². The lowest BCUT2D eigenvalue weighted by Gasteiger charge is -1.98. The monoisotopic (exact) mass is 218 g/mol. The first-order chi connectivity index (χ1) is 7.61. The molecule has 16 heavy (non-hydrogen) atoms. The standard InChI is InChI=1S/C12H14N2O2/c1-3-11-9-5-4-8(7-12(15)16)6-10(9)13-14(11)2/h4-6H,3,7H2,1-2H3,(H,15,16). The van der Waals surface area contributed by atoms with Gasteiger partial charge in [0.15, 0.2) is 0 Å². The summed E-state index contributed by atoms with van der Waals surface area (Å²) in [4.78, 5) is 10.6. The molecule has 1 aromatic carbocycles. The van der Waals surface area contributed by atoms with Gasteiger partial charge in [0.1, 0.15) is 0 Å². The van der Waals surface area contributed by atoms with Crippen molar-refractivity contribution < 1.29 is 9.90 Å². The normalized spacial score (nSPS) is 10.9. The molecule has 4 heteroatoms. The van der Waals surface area contributed by atoms with Crippen molar-refractivity contribution in [2.75, 3.05) is 0 Å². The third-order valence-corrected chi connectivity index (χ3v) is 2.71. The summed E-state index contributed by atoms with van der Waals surface area (Å²) < 4.78 is 1.86. The summed E-state index contributed by atoms with van der Waals surface area (Å²) in [5.41, 5.74) is 2.84. The van der Waals surface area contributed by atoms with Crippen molar-refractivity contribution in [1.82, 2.24) is 9.78 Å². The Morgan fingerprint density at radius 1 is 1.50 bits per heavy atom. The number of rotatable bonds is 3. The second-order valence-electron chi connectivity index (χ2n) is 3.85. The lowest BCUT2D eigenvalue weighted by molar-refractivity contribution is -0.136. The zero-order chi connectivity index (χ0) is 11.7. The third kappa shape index (κ3) is 1.78. The highest BCUT2D eigenvalue weighted by Gasteiger charge is 2.08. The minimum absolute atomic E-state index is 0.0496. The van der Waals surface area contributed by atoms with E-state index in [1.54, 1.807) is 0 Å². The van der Waals surface area contributed by atoms with Crippen molar-refractivity contribution in [2.45, 2.75) is 19.8 Å². The van der Waals surface area contributed by atoms with Gasteiger partial charge in [-0.25, -0.2) is 0 Å². The molecule has 0 saturated heterocycles. The van der Waals surface area contributed by atoms with Gasteiger partial charge < -0.3 is 5.11 Å². The van der Waals surface area contributed by atoms with Crippen molar-refractivity contribution in [1.29, 1.82) is 0 Å². The molecule has 1 heterocycles. The molecular weight excluding hydrogens is 204 g/mol. The molecule has 0 aliphatic carbocycles. The van der Waals surface area contributed by atoms with Crippen LogP contribution >= 0.6 is 0 Å². The maximum absolute atomic E-state index is 10.6. The zero-order valence-electron chi connectivity index (χ0n) is 9.40. The first-order valence-electron chi connectivity index (χ1n) is 5.28. The number of carbonyl (C=O) groups is 1. The van der Waals surface area contributed by atoms with Crippen LogP contribution in [-0.4, -0.2) is 20.9 Å². The summed E-state index contributed by atoms with van der Waals surface area (Å²) in [5.74, 6) is -0.814. The molecule has 0 amide bonds. The van der Waals surface area contributed by atoms with Crippen molar-refractivity contribution in [2.24, 2.45) is 7.05 Å². The fourth-order valence-corrected chi connectivity index (χ4v) is 2.00. The topological polar surface area (TPSA) is 55.1 Å². The number of benzene rings is 1. The second kappa shape index (κ2) is 3.96. The molecule has 0 unspecified atom stereocenters. The van der Waals surface area contributed by atoms with Crippen molar-refractivity contribution in [3.63, 3.8) is 0 Å². The van der Waals surface area contributed by atoms with E-state index in [4.69, 9.17) is 5.11 Å². The summed E-state index contributed by atoms with van der Waals surface area (Å²) >= 11 is 0. The molecule has 0 atom stereocenters. The Labute approximate surface area is 93.5 Å². The van der Waals surface area contributed by atoms with Crippen LogP contribution in [0.2, 0.25) is 0 Å². The predicted octanol–water partition coefficient (Wildman–Crippen LogP) is 1.76. The number of aromatic nitrogens is 2. The Hall–Kier alpha value is -1.84. The molecule has 0 fully saturated rings. The molecular formula is C12H14N2O2. The van der Waals surface area contributed by atoms with E-state index in [1.165, 1.54) is 5.69 Å². The summed E-state index contributed by atoms with van der Waals surface area (Å²) in [6, 6.07) is 5.67. The Kier molecular flexibility index (Phi) is 2.64. The highest BCUT2D eigenvalue weighted by Crippen LogP contribution is 2.19. The first kappa shape index (κ1) is 10.7. The predicted molar refractivity (Wildman–Crippen MR) is 61.4 cm³/mol. The van der Waals surface area contributed by atoms with Crippen LogP contribution in [0.1, 0.15) is 18.2 Å². The van der Waals surface area contributed by atoms with Gasteiger partial charge in [-0.15, -0.1) is 0 Å². The van der Waals surface area contributed by atoms with Gasteiger partial charge >= 0.3 is 5.97 Å². The number of carboxylic acids is 1. The SMILES string of the molecule is CCc1c2ccc(CC(=O)O)cc2nn1C. The van der Waals surface area contributed by atoms with Gasteiger partial charge in [-0.3, -0.25) is 9.48 Å². The van der Waals surface area contributed by atoms with Crippen molar-refractivity contribution >= 4 is 16.9 Å². The van der Waals surface area contributed by atoms with E-state index in [0.29, 0.717) is 0 Å². The molecule has 2 aromatic rings. The first-order valence-corrected chi connectivity index (χ1v) is 5.28. The van der Waals surface area contributed by atoms with E-state index >= 15 is 0 Å². The molecule has 0 radical (unpaired) electrons. The van der Waals surface area contributed by atoms with E-state index in [0.717, 1.165) is 22.9 Å². The number of nitrogens with zero attached hydrogens (tertiary/aromatic N) is 2. The highest BCUT2D eigenvalue weighted by atomic mass is 16.4. The van der Waals surface area contributed by atoms with Crippen LogP contribution in [-0.2, 0) is 24.7 Å². The van der Waals surface area contributed by atoms with E-state index in [-0.39, 0.29) is 6.42 Å². The molecule has 4 nitrogen and oxygen atoms in total. The lowest BCUT2D eigenvalue weighted by Crippen LogP contribution is -1.99. The smallest absolute Gasteiger partial charge is 0.307 e. The fourth-order valence-electron chi connectivity index (χ4n) is 2.00. The minimum Gasteiger partial charge on any atom is -0.481 e. The number of hydrogen-bond acceptors (Lipinski definition) is 2. The molecule has 0 aliphatic heterocycles. The third-order valence-electron chi connectivity index (χ3n) is 2.71. The number of aryl methyl sites for hydroxylation is 2. The number of hydrogen-bond donors (Lipinski definition) is 1. The Bertz CT molecular complexity index is 543. The van der Waals surface area contributed by atoms with Crippen molar-refractivity contribution in [3.8, 4) is 0 Å². The van der Waals surface area contributed by atoms with Crippen LogP contribution < -0.4 is 0 Å². The highest BCUT2D eigenvalue weighted by molar-refractivity contribution is 5.83. The van der Waals surface area contributed by atoms with Gasteiger partial charge in [0.05, 0.1) is 11.9 Å². The van der Waals surface area contributed by atoms with Gasteiger partial charge in [-0.2, -0.15) is 5.10 Å². The Balaban J connectivity index is 2.51. The van der Waals surface area contributed by atoms with E-state index in [2.05, 4.69) is 12.0 Å². The van der Waals surface area contributed by atoms with Crippen LogP contribution in [0.3, 0.4) is 0 Å². The van der Waals surface area contributed by atoms with Crippen LogP contribution in [0, 0.1) is 0 Å². The maximum Gasteiger partial charge on any atom is 0.307 e. The largest absolute Gasteiger partial charge is 0.481 e. The van der Waals surface area contributed by atoms with Crippen LogP contribution in [0.4, 0.5) is 0 Å². The molecule has 1 aromatic heterocycles. The van der Waals surface area contributed by atoms with Gasteiger partial charge in [0.25, 0.3) is 0 Å².